The summed E-state index contributed by atoms with van der Waals surface area (Å²) in [5.74, 6) is -0.187. The number of nitrogens with two attached hydrogens (primary N) is 3. The van der Waals surface area contributed by atoms with E-state index in [9.17, 15) is 27.0 Å². The monoisotopic (exact) mass is 519 g/mol. The van der Waals surface area contributed by atoms with Gasteiger partial charge < -0.3 is 26.6 Å². The minimum Gasteiger partial charge on any atom is -0.392 e. The van der Waals surface area contributed by atoms with Gasteiger partial charge in [0.05, 0.1) is 17.8 Å². The Morgan fingerprint density at radius 2 is 1.82 bits per heavy atom. The SMILES string of the molecule is NCC(O)CNS(=O)(=O)c1ccc(N2CCC(C(O)CN)CC2)c(-c2nn[nH]n2)c1S(N)(=O)=O. The summed E-state index contributed by atoms with van der Waals surface area (Å²) in [6.07, 6.45) is -0.671. The molecule has 0 amide bonds. The second kappa shape index (κ2) is 10.6. The molecule has 0 saturated carbocycles. The van der Waals surface area contributed by atoms with E-state index in [0.717, 1.165) is 6.07 Å². The van der Waals surface area contributed by atoms with Crippen LogP contribution < -0.4 is 26.2 Å². The molecule has 34 heavy (non-hydrogen) atoms. The predicted octanol–water partition coefficient (Wildman–Crippen LogP) is -3.35. The number of aromatic nitrogens is 4. The molecule has 0 spiro atoms. The van der Waals surface area contributed by atoms with Gasteiger partial charge >= 0.3 is 0 Å². The molecule has 0 bridgehead atoms. The molecule has 2 heterocycles. The minimum atomic E-state index is -4.62. The highest BCUT2D eigenvalue weighted by atomic mass is 32.2. The minimum absolute atomic E-state index is 0.0228. The number of rotatable bonds is 10. The van der Waals surface area contributed by atoms with E-state index in [1.165, 1.54) is 6.07 Å². The first kappa shape index (κ1) is 26.4. The molecule has 1 saturated heterocycles. The highest BCUT2D eigenvalue weighted by Gasteiger charge is 2.34. The number of hydrogen-bond acceptors (Lipinski definition) is 12. The van der Waals surface area contributed by atoms with Gasteiger partial charge in [-0.1, -0.05) is 0 Å². The lowest BCUT2D eigenvalue weighted by Crippen LogP contribution is -2.40. The fourth-order valence-electron chi connectivity index (χ4n) is 3.88. The zero-order chi connectivity index (χ0) is 25.1. The third-order valence-electron chi connectivity index (χ3n) is 5.69. The predicted molar refractivity (Wildman–Crippen MR) is 121 cm³/mol. The highest BCUT2D eigenvalue weighted by molar-refractivity contribution is 7.92. The normalized spacial score (nSPS) is 17.6. The lowest BCUT2D eigenvalue weighted by atomic mass is 9.90. The maximum absolute atomic E-state index is 13.0. The Morgan fingerprint density at radius 3 is 2.35 bits per heavy atom. The fraction of sp³-hybridized carbons (Fsp3) is 0.588. The van der Waals surface area contributed by atoms with Crippen LogP contribution in [0.5, 0.6) is 0 Å². The molecule has 1 aliphatic rings. The molecule has 3 rings (SSSR count). The van der Waals surface area contributed by atoms with Crippen molar-refractivity contribution in [2.45, 2.75) is 34.8 Å². The standard InChI is InChI=1S/C17H29N9O6S2/c18-7-11(27)9-21-34(31,32)14-2-1-12(26-5-3-10(4-6-26)13(28)8-19)15(16(14)33(20,29)30)17-22-24-25-23-17/h1-2,10-11,13,21,27-28H,3-9,18-19H2,(H2,20,29,30)(H,22,23,24,25). The van der Waals surface area contributed by atoms with Crippen LogP contribution in [0, 0.1) is 5.92 Å². The summed E-state index contributed by atoms with van der Waals surface area (Å²) in [6, 6.07) is 2.56. The van der Waals surface area contributed by atoms with Crippen LogP contribution in [0.3, 0.4) is 0 Å². The van der Waals surface area contributed by atoms with E-state index in [1.54, 1.807) is 0 Å². The summed E-state index contributed by atoms with van der Waals surface area (Å²) in [6.45, 7) is 0.367. The van der Waals surface area contributed by atoms with Gasteiger partial charge in [0.25, 0.3) is 0 Å². The first-order valence-electron chi connectivity index (χ1n) is 10.4. The van der Waals surface area contributed by atoms with E-state index in [0.29, 0.717) is 31.6 Å². The van der Waals surface area contributed by atoms with Gasteiger partial charge in [0.2, 0.25) is 25.9 Å². The molecular weight excluding hydrogens is 490 g/mol. The smallest absolute Gasteiger partial charge is 0.242 e. The lowest BCUT2D eigenvalue weighted by molar-refractivity contribution is 0.100. The molecule has 1 aromatic heterocycles. The summed E-state index contributed by atoms with van der Waals surface area (Å²) in [7, 11) is -9.06. The maximum atomic E-state index is 13.0. The number of nitrogens with zero attached hydrogens (tertiary/aromatic N) is 4. The molecule has 15 nitrogen and oxygen atoms in total. The van der Waals surface area contributed by atoms with Crippen molar-refractivity contribution in [2.75, 3.05) is 37.6 Å². The van der Waals surface area contributed by atoms with Crippen LogP contribution in [0.15, 0.2) is 21.9 Å². The van der Waals surface area contributed by atoms with Crippen LogP contribution in [0.4, 0.5) is 5.69 Å². The first-order chi connectivity index (χ1) is 16.0. The van der Waals surface area contributed by atoms with Crippen molar-refractivity contribution < 1.29 is 27.0 Å². The highest BCUT2D eigenvalue weighted by Crippen LogP contribution is 2.39. The molecular formula is C17H29N9O6S2. The molecule has 1 fully saturated rings. The van der Waals surface area contributed by atoms with Crippen LogP contribution in [0.2, 0.25) is 0 Å². The van der Waals surface area contributed by atoms with Gasteiger partial charge in [0, 0.05) is 38.4 Å². The van der Waals surface area contributed by atoms with Crippen LogP contribution in [0.1, 0.15) is 12.8 Å². The summed E-state index contributed by atoms with van der Waals surface area (Å²) in [5.41, 5.74) is 11.1. The maximum Gasteiger partial charge on any atom is 0.242 e. The van der Waals surface area contributed by atoms with Crippen LogP contribution >= 0.6 is 0 Å². The molecule has 2 aromatic rings. The number of aromatic amines is 1. The summed E-state index contributed by atoms with van der Waals surface area (Å²) >= 11 is 0. The zero-order valence-electron chi connectivity index (χ0n) is 18.2. The molecule has 2 unspecified atom stereocenters. The van der Waals surface area contributed by atoms with Crippen molar-refractivity contribution in [1.82, 2.24) is 25.3 Å². The molecule has 10 N–H and O–H groups in total. The van der Waals surface area contributed by atoms with Gasteiger partial charge in [-0.25, -0.2) is 26.7 Å². The number of primary sulfonamides is 1. The first-order valence-corrected chi connectivity index (χ1v) is 13.5. The molecule has 1 aliphatic heterocycles. The number of aliphatic hydroxyl groups excluding tert-OH is 2. The molecule has 190 valence electrons. The Morgan fingerprint density at radius 1 is 1.15 bits per heavy atom. The Kier molecular flexibility index (Phi) is 8.19. The Labute approximate surface area is 196 Å². The molecule has 0 radical (unpaired) electrons. The molecule has 1 aromatic carbocycles. The third-order valence-corrected chi connectivity index (χ3v) is 8.28. The number of aliphatic hydroxyl groups is 2. The number of hydrogen-bond donors (Lipinski definition) is 7. The summed E-state index contributed by atoms with van der Waals surface area (Å²) in [5, 5.41) is 38.6. The topological polar surface area (TPSA) is 257 Å². The third kappa shape index (κ3) is 5.69. The Hall–Kier alpha value is -2.25. The molecule has 2 atom stereocenters. The van der Waals surface area contributed by atoms with Crippen molar-refractivity contribution in [3.8, 4) is 11.4 Å². The number of nitrogens with one attached hydrogen (secondary N) is 2. The Bertz CT molecular complexity index is 1180. The lowest BCUT2D eigenvalue weighted by Gasteiger charge is -2.36. The second-order valence-corrected chi connectivity index (χ2v) is 11.2. The van der Waals surface area contributed by atoms with Crippen LogP contribution in [-0.4, -0.2) is 92.6 Å². The van der Waals surface area contributed by atoms with Gasteiger partial charge in [-0.15, -0.1) is 10.2 Å². The summed E-state index contributed by atoms with van der Waals surface area (Å²) < 4.78 is 53.5. The molecule has 0 aliphatic carbocycles. The van der Waals surface area contributed by atoms with Crippen molar-refractivity contribution in [2.24, 2.45) is 22.5 Å². The van der Waals surface area contributed by atoms with E-state index >= 15 is 0 Å². The average Bonchev–Trinajstić information content (AvgIpc) is 3.35. The van der Waals surface area contributed by atoms with E-state index < -0.39 is 48.6 Å². The van der Waals surface area contributed by atoms with E-state index in [1.807, 2.05) is 4.90 Å². The number of piperidine rings is 1. The van der Waals surface area contributed by atoms with Gasteiger partial charge in [-0.05, 0) is 36.1 Å². The van der Waals surface area contributed by atoms with Gasteiger partial charge in [0.15, 0.2) is 0 Å². The molecule has 17 heteroatoms. The van der Waals surface area contributed by atoms with E-state index in [-0.39, 0.29) is 30.4 Å². The zero-order valence-corrected chi connectivity index (χ0v) is 19.8. The van der Waals surface area contributed by atoms with Crippen LogP contribution in [-0.2, 0) is 20.0 Å². The number of H-pyrrole nitrogens is 1. The van der Waals surface area contributed by atoms with Crippen molar-refractivity contribution >= 4 is 25.7 Å². The number of anilines is 1. The Balaban J connectivity index is 2.13. The fourth-order valence-corrected chi connectivity index (χ4v) is 6.55. The number of tetrazole rings is 1. The van der Waals surface area contributed by atoms with Gasteiger partial charge in [0.1, 0.15) is 9.79 Å². The van der Waals surface area contributed by atoms with Crippen molar-refractivity contribution in [1.29, 1.82) is 0 Å². The van der Waals surface area contributed by atoms with Crippen LogP contribution in [0.25, 0.3) is 11.4 Å². The van der Waals surface area contributed by atoms with Gasteiger partial charge in [-0.3, -0.25) is 0 Å². The number of sulfonamides is 2. The average molecular weight is 520 g/mol. The summed E-state index contributed by atoms with van der Waals surface area (Å²) in [4.78, 5) is 0.503. The van der Waals surface area contributed by atoms with E-state index in [2.05, 4.69) is 25.3 Å². The van der Waals surface area contributed by atoms with Crippen molar-refractivity contribution in [3.63, 3.8) is 0 Å². The largest absolute Gasteiger partial charge is 0.392 e. The van der Waals surface area contributed by atoms with E-state index in [4.69, 9.17) is 16.6 Å². The second-order valence-electron chi connectivity index (χ2n) is 7.94. The number of benzene rings is 1. The van der Waals surface area contributed by atoms with Crippen molar-refractivity contribution in [3.05, 3.63) is 12.1 Å². The quantitative estimate of drug-likeness (QED) is 0.162. The van der Waals surface area contributed by atoms with Gasteiger partial charge in [-0.2, -0.15) is 5.21 Å².